The molecule has 2 fully saturated rings. The van der Waals surface area contributed by atoms with Gasteiger partial charge in [-0.1, -0.05) is 31.9 Å². The number of benzene rings is 1. The molecule has 3 rings (SSSR count). The van der Waals surface area contributed by atoms with Crippen LogP contribution in [0.25, 0.3) is 0 Å². The Hall–Kier alpha value is -1.42. The molecule has 126 valence electrons. The molecular weight excluding hydrogens is 291 g/mol. The fourth-order valence-corrected chi connectivity index (χ4v) is 3.70. The molecule has 0 aromatic heterocycles. The van der Waals surface area contributed by atoms with Crippen molar-refractivity contribution in [1.29, 1.82) is 0 Å². The number of halogens is 1. The third-order valence-corrected chi connectivity index (χ3v) is 5.34. The molecule has 1 aromatic carbocycles. The molecule has 3 nitrogen and oxygen atoms in total. The minimum Gasteiger partial charge on any atom is -0.348 e. The van der Waals surface area contributed by atoms with Gasteiger partial charge < -0.3 is 10.2 Å². The van der Waals surface area contributed by atoms with E-state index in [1.807, 2.05) is 12.1 Å². The number of quaternary nitrogens is 1. The summed E-state index contributed by atoms with van der Waals surface area (Å²) in [5.41, 5.74) is 1.10. The van der Waals surface area contributed by atoms with Crippen molar-refractivity contribution < 1.29 is 14.1 Å². The first kappa shape index (κ1) is 16.4. The molecule has 2 N–H and O–H groups in total. The molecule has 4 heteroatoms. The SMILES string of the molecule is C[C@H]1CCCC[C@@H]1NC(=O)C[NH+](Cc1ccc(F)cc1)C1CC1. The van der Waals surface area contributed by atoms with Gasteiger partial charge >= 0.3 is 0 Å². The summed E-state index contributed by atoms with van der Waals surface area (Å²) in [6.45, 7) is 3.58. The fourth-order valence-electron chi connectivity index (χ4n) is 3.70. The van der Waals surface area contributed by atoms with E-state index in [0.717, 1.165) is 18.5 Å². The van der Waals surface area contributed by atoms with Crippen LogP contribution in [0.15, 0.2) is 24.3 Å². The second-order valence-electron chi connectivity index (χ2n) is 7.35. The molecule has 3 atom stereocenters. The Morgan fingerprint density at radius 1 is 1.17 bits per heavy atom. The molecule has 0 saturated heterocycles. The van der Waals surface area contributed by atoms with Gasteiger partial charge in [-0.3, -0.25) is 4.79 Å². The van der Waals surface area contributed by atoms with Crippen molar-refractivity contribution >= 4 is 5.91 Å². The minimum absolute atomic E-state index is 0.174. The maximum absolute atomic E-state index is 13.0. The number of rotatable bonds is 6. The Kier molecular flexibility index (Phi) is 5.31. The van der Waals surface area contributed by atoms with Crippen LogP contribution in [0.5, 0.6) is 0 Å². The third kappa shape index (κ3) is 4.77. The summed E-state index contributed by atoms with van der Waals surface area (Å²) in [4.78, 5) is 13.8. The lowest BCUT2D eigenvalue weighted by molar-refractivity contribution is -0.917. The van der Waals surface area contributed by atoms with Crippen molar-refractivity contribution in [2.75, 3.05) is 6.54 Å². The molecule has 0 spiro atoms. The van der Waals surface area contributed by atoms with Gasteiger partial charge in [-0.2, -0.15) is 0 Å². The first-order chi connectivity index (χ1) is 11.1. The molecule has 2 saturated carbocycles. The highest BCUT2D eigenvalue weighted by molar-refractivity contribution is 5.77. The minimum atomic E-state index is -0.203. The molecule has 0 heterocycles. The second-order valence-corrected chi connectivity index (χ2v) is 7.35. The number of carbonyl (C=O) groups is 1. The van der Waals surface area contributed by atoms with Crippen LogP contribution < -0.4 is 10.2 Å². The molecule has 23 heavy (non-hydrogen) atoms. The molecule has 1 amide bonds. The number of hydrogen-bond donors (Lipinski definition) is 2. The van der Waals surface area contributed by atoms with E-state index >= 15 is 0 Å². The summed E-state index contributed by atoms with van der Waals surface area (Å²) < 4.78 is 13.0. The summed E-state index contributed by atoms with van der Waals surface area (Å²) in [7, 11) is 0. The van der Waals surface area contributed by atoms with Crippen molar-refractivity contribution in [2.45, 2.75) is 64.1 Å². The Morgan fingerprint density at radius 3 is 2.52 bits per heavy atom. The molecule has 0 radical (unpaired) electrons. The average molecular weight is 319 g/mol. The Labute approximate surface area is 138 Å². The lowest BCUT2D eigenvalue weighted by Gasteiger charge is -2.30. The van der Waals surface area contributed by atoms with E-state index in [4.69, 9.17) is 0 Å². The molecule has 2 aliphatic rings. The topological polar surface area (TPSA) is 33.5 Å². The summed E-state index contributed by atoms with van der Waals surface area (Å²) in [6, 6.07) is 7.61. The van der Waals surface area contributed by atoms with Gasteiger partial charge in [0.05, 0.1) is 6.04 Å². The molecule has 2 aliphatic carbocycles. The second kappa shape index (κ2) is 7.43. The van der Waals surface area contributed by atoms with Crippen LogP contribution in [-0.4, -0.2) is 24.5 Å². The van der Waals surface area contributed by atoms with Gasteiger partial charge in [0.15, 0.2) is 6.54 Å². The number of nitrogens with one attached hydrogen (secondary N) is 2. The largest absolute Gasteiger partial charge is 0.348 e. The Bertz CT molecular complexity index is 527. The van der Waals surface area contributed by atoms with Crippen molar-refractivity contribution in [3.63, 3.8) is 0 Å². The van der Waals surface area contributed by atoms with Gasteiger partial charge in [-0.15, -0.1) is 0 Å². The number of carbonyl (C=O) groups excluding carboxylic acids is 1. The lowest BCUT2D eigenvalue weighted by Crippen LogP contribution is -3.13. The van der Waals surface area contributed by atoms with Crippen LogP contribution in [0.4, 0.5) is 4.39 Å². The van der Waals surface area contributed by atoms with E-state index in [9.17, 15) is 9.18 Å². The number of amides is 1. The molecular formula is C19H28FN2O+. The van der Waals surface area contributed by atoms with E-state index in [0.29, 0.717) is 24.5 Å². The summed E-state index contributed by atoms with van der Waals surface area (Å²) in [5.74, 6) is 0.563. The zero-order chi connectivity index (χ0) is 16.2. The maximum Gasteiger partial charge on any atom is 0.275 e. The van der Waals surface area contributed by atoms with Crippen LogP contribution in [0.3, 0.4) is 0 Å². The highest BCUT2D eigenvalue weighted by Gasteiger charge is 2.35. The van der Waals surface area contributed by atoms with Crippen molar-refractivity contribution in [1.82, 2.24) is 5.32 Å². The first-order valence-corrected chi connectivity index (χ1v) is 9.00. The molecule has 0 bridgehead atoms. The number of hydrogen-bond acceptors (Lipinski definition) is 1. The average Bonchev–Trinajstić information content (AvgIpc) is 3.36. The first-order valence-electron chi connectivity index (χ1n) is 9.00. The lowest BCUT2D eigenvalue weighted by atomic mass is 9.86. The van der Waals surface area contributed by atoms with E-state index in [2.05, 4.69) is 12.2 Å². The smallest absolute Gasteiger partial charge is 0.275 e. The van der Waals surface area contributed by atoms with Gasteiger partial charge in [-0.25, -0.2) is 4.39 Å². The van der Waals surface area contributed by atoms with Crippen molar-refractivity contribution in [3.8, 4) is 0 Å². The maximum atomic E-state index is 13.0. The van der Waals surface area contributed by atoms with Crippen LogP contribution >= 0.6 is 0 Å². The molecule has 0 aliphatic heterocycles. The quantitative estimate of drug-likeness (QED) is 0.827. The van der Waals surface area contributed by atoms with E-state index in [1.54, 1.807) is 0 Å². The van der Waals surface area contributed by atoms with Crippen LogP contribution in [-0.2, 0) is 11.3 Å². The van der Waals surface area contributed by atoms with Gasteiger partial charge in [0, 0.05) is 24.4 Å². The van der Waals surface area contributed by atoms with E-state index in [-0.39, 0.29) is 11.7 Å². The van der Waals surface area contributed by atoms with Crippen molar-refractivity contribution in [2.24, 2.45) is 5.92 Å². The van der Waals surface area contributed by atoms with Crippen molar-refractivity contribution in [3.05, 3.63) is 35.6 Å². The molecule has 1 aromatic rings. The normalized spacial score (nSPS) is 25.8. The Morgan fingerprint density at radius 2 is 1.87 bits per heavy atom. The molecule has 1 unspecified atom stereocenters. The van der Waals surface area contributed by atoms with Gasteiger partial charge in [0.25, 0.3) is 5.91 Å². The van der Waals surface area contributed by atoms with Crippen LogP contribution in [0.1, 0.15) is 51.0 Å². The Balaban J connectivity index is 1.54. The predicted octanol–water partition coefficient (Wildman–Crippen LogP) is 2.07. The van der Waals surface area contributed by atoms with Gasteiger partial charge in [-0.05, 0) is 30.9 Å². The van der Waals surface area contributed by atoms with Crippen LogP contribution in [0.2, 0.25) is 0 Å². The standard InChI is InChI=1S/C19H27FN2O/c1-14-4-2-3-5-18(14)21-19(23)13-22(17-10-11-17)12-15-6-8-16(20)9-7-15/h6-9,14,17-18H,2-5,10-13H2,1H3,(H,21,23)/p+1/t14-,18-/m0/s1. The monoisotopic (exact) mass is 319 g/mol. The third-order valence-electron chi connectivity index (χ3n) is 5.34. The zero-order valence-electron chi connectivity index (χ0n) is 14.0. The van der Waals surface area contributed by atoms with Crippen LogP contribution in [0, 0.1) is 11.7 Å². The summed E-state index contributed by atoms with van der Waals surface area (Å²) in [5, 5.41) is 3.26. The zero-order valence-corrected chi connectivity index (χ0v) is 14.0. The van der Waals surface area contributed by atoms with Gasteiger partial charge in [0.1, 0.15) is 12.4 Å². The van der Waals surface area contributed by atoms with Gasteiger partial charge in [0.2, 0.25) is 0 Å². The van der Waals surface area contributed by atoms with E-state index in [1.165, 1.54) is 49.1 Å². The highest BCUT2D eigenvalue weighted by Crippen LogP contribution is 2.23. The summed E-state index contributed by atoms with van der Waals surface area (Å²) >= 11 is 0. The van der Waals surface area contributed by atoms with E-state index < -0.39 is 0 Å². The highest BCUT2D eigenvalue weighted by atomic mass is 19.1. The predicted molar refractivity (Wildman–Crippen MR) is 88.5 cm³/mol. The fraction of sp³-hybridized carbons (Fsp3) is 0.632. The summed E-state index contributed by atoms with van der Waals surface area (Å²) in [6.07, 6.45) is 7.25.